The Balaban J connectivity index is 2.21. The van der Waals surface area contributed by atoms with Crippen LogP contribution < -0.4 is 5.32 Å². The Hall–Kier alpha value is -1.46. The summed E-state index contributed by atoms with van der Waals surface area (Å²) < 4.78 is 2.06. The predicted octanol–water partition coefficient (Wildman–Crippen LogP) is 2.74. The van der Waals surface area contributed by atoms with Crippen molar-refractivity contribution in [3.63, 3.8) is 0 Å². The zero-order valence-corrected chi connectivity index (χ0v) is 13.6. The number of amides is 2. The number of alkyl halides is 1. The van der Waals surface area contributed by atoms with Crippen molar-refractivity contribution < 1.29 is 4.79 Å². The molecule has 0 radical (unpaired) electrons. The fourth-order valence-corrected chi connectivity index (χ4v) is 2.44. The molecule has 2 amide bonds. The van der Waals surface area contributed by atoms with E-state index in [1.807, 2.05) is 18.2 Å². The quantitative estimate of drug-likeness (QED) is 0.858. The van der Waals surface area contributed by atoms with Crippen molar-refractivity contribution in [1.29, 1.82) is 0 Å². The lowest BCUT2D eigenvalue weighted by Gasteiger charge is -2.13. The van der Waals surface area contributed by atoms with Gasteiger partial charge in [0.15, 0.2) is 0 Å². The van der Waals surface area contributed by atoms with E-state index in [9.17, 15) is 4.79 Å². The number of imidazole rings is 1. The maximum atomic E-state index is 11.5. The van der Waals surface area contributed by atoms with Crippen LogP contribution in [0.2, 0.25) is 5.02 Å². The minimum atomic E-state index is -0.114. The van der Waals surface area contributed by atoms with Crippen LogP contribution >= 0.6 is 23.2 Å². The van der Waals surface area contributed by atoms with Crippen LogP contribution in [0.1, 0.15) is 5.82 Å². The third kappa shape index (κ3) is 3.80. The first-order valence-electron chi connectivity index (χ1n) is 6.68. The molecule has 0 atom stereocenters. The predicted molar refractivity (Wildman–Crippen MR) is 86.3 cm³/mol. The summed E-state index contributed by atoms with van der Waals surface area (Å²) >= 11 is 11.9. The van der Waals surface area contributed by atoms with Crippen LogP contribution in [0.4, 0.5) is 4.79 Å². The second-order valence-electron chi connectivity index (χ2n) is 4.88. The van der Waals surface area contributed by atoms with E-state index in [1.54, 1.807) is 14.1 Å². The van der Waals surface area contributed by atoms with Gasteiger partial charge in [-0.2, -0.15) is 0 Å². The van der Waals surface area contributed by atoms with E-state index in [4.69, 9.17) is 23.2 Å². The smallest absolute Gasteiger partial charge is 0.316 e. The molecule has 0 fully saturated rings. The molecular formula is C14H18Cl2N4O. The SMILES string of the molecule is CN(C)C(=O)NCCn1c(CCCl)nc2ccc(Cl)cc21. The third-order valence-corrected chi connectivity index (χ3v) is 3.55. The number of benzene rings is 1. The zero-order chi connectivity index (χ0) is 15.4. The molecule has 0 bridgehead atoms. The van der Waals surface area contributed by atoms with Crippen LogP contribution in [0.15, 0.2) is 18.2 Å². The normalized spacial score (nSPS) is 10.9. The number of carbonyl (C=O) groups is 1. The van der Waals surface area contributed by atoms with E-state index >= 15 is 0 Å². The molecule has 0 spiro atoms. The number of urea groups is 1. The molecule has 1 heterocycles. The van der Waals surface area contributed by atoms with Gasteiger partial charge in [0.2, 0.25) is 0 Å². The van der Waals surface area contributed by atoms with Gasteiger partial charge in [-0.25, -0.2) is 9.78 Å². The molecule has 0 aliphatic carbocycles. The Morgan fingerprint density at radius 2 is 2.19 bits per heavy atom. The average Bonchev–Trinajstić information content (AvgIpc) is 2.76. The second-order valence-corrected chi connectivity index (χ2v) is 5.69. The summed E-state index contributed by atoms with van der Waals surface area (Å²) in [6.07, 6.45) is 0.676. The Labute approximate surface area is 133 Å². The van der Waals surface area contributed by atoms with Crippen molar-refractivity contribution in [2.75, 3.05) is 26.5 Å². The van der Waals surface area contributed by atoms with Gasteiger partial charge in [0.25, 0.3) is 0 Å². The summed E-state index contributed by atoms with van der Waals surface area (Å²) in [5, 5.41) is 3.51. The minimum Gasteiger partial charge on any atom is -0.336 e. The van der Waals surface area contributed by atoms with Crippen molar-refractivity contribution >= 4 is 40.3 Å². The monoisotopic (exact) mass is 328 g/mol. The van der Waals surface area contributed by atoms with E-state index in [0.717, 1.165) is 16.9 Å². The largest absolute Gasteiger partial charge is 0.336 e. The molecule has 21 heavy (non-hydrogen) atoms. The van der Waals surface area contributed by atoms with Crippen molar-refractivity contribution in [3.8, 4) is 0 Å². The molecular weight excluding hydrogens is 311 g/mol. The first kappa shape index (κ1) is 15.9. The van der Waals surface area contributed by atoms with E-state index < -0.39 is 0 Å². The highest BCUT2D eigenvalue weighted by atomic mass is 35.5. The van der Waals surface area contributed by atoms with Crippen molar-refractivity contribution in [2.45, 2.75) is 13.0 Å². The zero-order valence-electron chi connectivity index (χ0n) is 12.1. The van der Waals surface area contributed by atoms with E-state index in [-0.39, 0.29) is 6.03 Å². The maximum Gasteiger partial charge on any atom is 0.316 e. The number of rotatable bonds is 5. The van der Waals surface area contributed by atoms with Gasteiger partial charge in [0.05, 0.1) is 11.0 Å². The summed E-state index contributed by atoms with van der Waals surface area (Å²) in [5.41, 5.74) is 1.85. The fourth-order valence-electron chi connectivity index (χ4n) is 2.10. The lowest BCUT2D eigenvalue weighted by Crippen LogP contribution is -2.36. The minimum absolute atomic E-state index is 0.114. The first-order valence-corrected chi connectivity index (χ1v) is 7.60. The first-order chi connectivity index (χ1) is 10.0. The standard InChI is InChI=1S/C14H18Cl2N4O/c1-19(2)14(21)17-7-8-20-12-9-10(16)3-4-11(12)18-13(20)5-6-15/h3-4,9H,5-8H2,1-2H3,(H,17,21). The van der Waals surface area contributed by atoms with E-state index in [2.05, 4.69) is 14.9 Å². The molecule has 1 aromatic carbocycles. The Kier molecular flexibility index (Phi) is 5.31. The van der Waals surface area contributed by atoms with Gasteiger partial charge in [-0.1, -0.05) is 11.6 Å². The highest BCUT2D eigenvalue weighted by Crippen LogP contribution is 2.21. The summed E-state index contributed by atoms with van der Waals surface area (Å²) in [4.78, 5) is 17.6. The molecule has 2 aromatic rings. The summed E-state index contributed by atoms with van der Waals surface area (Å²) in [7, 11) is 3.42. The van der Waals surface area contributed by atoms with Crippen LogP contribution in [0, 0.1) is 0 Å². The number of aryl methyl sites for hydroxylation is 1. The van der Waals surface area contributed by atoms with Crippen molar-refractivity contribution in [1.82, 2.24) is 19.8 Å². The molecule has 0 aliphatic heterocycles. The molecule has 114 valence electrons. The number of halogens is 2. The van der Waals surface area contributed by atoms with Gasteiger partial charge in [-0.15, -0.1) is 11.6 Å². The number of carbonyl (C=O) groups excluding carboxylic acids is 1. The molecule has 7 heteroatoms. The number of fused-ring (bicyclic) bond motifs is 1. The lowest BCUT2D eigenvalue weighted by molar-refractivity contribution is 0.217. The molecule has 0 saturated heterocycles. The van der Waals surface area contributed by atoms with E-state index in [0.29, 0.717) is 30.4 Å². The van der Waals surface area contributed by atoms with Gasteiger partial charge in [0, 0.05) is 44.5 Å². The van der Waals surface area contributed by atoms with Gasteiger partial charge in [0.1, 0.15) is 5.82 Å². The second kappa shape index (κ2) is 7.00. The van der Waals surface area contributed by atoms with Gasteiger partial charge < -0.3 is 14.8 Å². The number of nitrogens with one attached hydrogen (secondary N) is 1. The summed E-state index contributed by atoms with van der Waals surface area (Å²) in [6, 6.07) is 5.48. The third-order valence-electron chi connectivity index (χ3n) is 3.13. The lowest BCUT2D eigenvalue weighted by atomic mass is 10.3. The average molecular weight is 329 g/mol. The van der Waals surface area contributed by atoms with Gasteiger partial charge in [-0.3, -0.25) is 0 Å². The number of nitrogens with zero attached hydrogens (tertiary/aromatic N) is 3. The molecule has 0 saturated carbocycles. The Morgan fingerprint density at radius 1 is 1.43 bits per heavy atom. The van der Waals surface area contributed by atoms with Crippen LogP contribution in [-0.2, 0) is 13.0 Å². The van der Waals surface area contributed by atoms with Crippen LogP contribution in [-0.4, -0.2) is 47.0 Å². The number of aromatic nitrogens is 2. The highest BCUT2D eigenvalue weighted by Gasteiger charge is 2.11. The van der Waals surface area contributed by atoms with Crippen LogP contribution in [0.3, 0.4) is 0 Å². The number of hydrogen-bond acceptors (Lipinski definition) is 2. The van der Waals surface area contributed by atoms with Gasteiger partial charge in [-0.05, 0) is 18.2 Å². The van der Waals surface area contributed by atoms with Crippen molar-refractivity contribution in [2.24, 2.45) is 0 Å². The highest BCUT2D eigenvalue weighted by molar-refractivity contribution is 6.31. The Morgan fingerprint density at radius 3 is 2.86 bits per heavy atom. The topological polar surface area (TPSA) is 50.2 Å². The van der Waals surface area contributed by atoms with Crippen LogP contribution in [0.25, 0.3) is 11.0 Å². The molecule has 1 N–H and O–H groups in total. The fraction of sp³-hybridized carbons (Fsp3) is 0.429. The van der Waals surface area contributed by atoms with Crippen molar-refractivity contribution in [3.05, 3.63) is 29.0 Å². The van der Waals surface area contributed by atoms with Gasteiger partial charge >= 0.3 is 6.03 Å². The molecule has 2 rings (SSSR count). The summed E-state index contributed by atoms with van der Waals surface area (Å²) in [6.45, 7) is 1.15. The molecule has 0 aliphatic rings. The van der Waals surface area contributed by atoms with Crippen LogP contribution in [0.5, 0.6) is 0 Å². The maximum absolute atomic E-state index is 11.5. The molecule has 0 unspecified atom stereocenters. The molecule has 5 nitrogen and oxygen atoms in total. The number of hydrogen-bond donors (Lipinski definition) is 1. The summed E-state index contributed by atoms with van der Waals surface area (Å²) in [5.74, 6) is 1.41. The Bertz CT molecular complexity index is 639. The molecule has 1 aromatic heterocycles. The van der Waals surface area contributed by atoms with E-state index in [1.165, 1.54) is 4.90 Å².